The van der Waals surface area contributed by atoms with E-state index < -0.39 is 5.82 Å². The zero-order chi connectivity index (χ0) is 17.1. The van der Waals surface area contributed by atoms with Gasteiger partial charge in [0.05, 0.1) is 10.6 Å². The van der Waals surface area contributed by atoms with Crippen LogP contribution in [0.3, 0.4) is 0 Å². The summed E-state index contributed by atoms with van der Waals surface area (Å²) < 4.78 is 13.1. The van der Waals surface area contributed by atoms with Gasteiger partial charge >= 0.3 is 0 Å². The van der Waals surface area contributed by atoms with E-state index in [1.807, 2.05) is 4.90 Å². The van der Waals surface area contributed by atoms with Gasteiger partial charge in [-0.1, -0.05) is 24.4 Å². The minimum absolute atomic E-state index is 0.125. The number of halogens is 2. The molecule has 1 saturated carbocycles. The SMILES string of the molecule is O=C(CC1CCCC1)N1CCN(C(=O)c2ccc(F)cc2Cl)CC1. The Morgan fingerprint density at radius 1 is 1.08 bits per heavy atom. The van der Waals surface area contributed by atoms with Gasteiger partial charge in [0.1, 0.15) is 5.82 Å². The largest absolute Gasteiger partial charge is 0.339 e. The van der Waals surface area contributed by atoms with Crippen molar-refractivity contribution >= 4 is 23.4 Å². The molecule has 1 saturated heterocycles. The Balaban J connectivity index is 1.54. The molecular formula is C18H22ClFN2O2. The highest BCUT2D eigenvalue weighted by atomic mass is 35.5. The quantitative estimate of drug-likeness (QED) is 0.837. The topological polar surface area (TPSA) is 40.6 Å². The van der Waals surface area contributed by atoms with Crippen LogP contribution in [0.1, 0.15) is 42.5 Å². The van der Waals surface area contributed by atoms with Crippen LogP contribution < -0.4 is 0 Å². The molecule has 0 atom stereocenters. The standard InChI is InChI=1S/C18H22ClFN2O2/c19-16-12-14(20)5-6-15(16)18(24)22-9-7-21(8-10-22)17(23)11-13-3-1-2-4-13/h5-6,12-13H,1-4,7-11H2. The van der Waals surface area contributed by atoms with E-state index in [1.54, 1.807) is 4.90 Å². The first-order chi connectivity index (χ1) is 11.5. The Labute approximate surface area is 146 Å². The molecule has 1 heterocycles. The first-order valence-corrected chi connectivity index (χ1v) is 8.94. The molecule has 0 aromatic heterocycles. The fraction of sp³-hybridized carbons (Fsp3) is 0.556. The smallest absolute Gasteiger partial charge is 0.255 e. The summed E-state index contributed by atoms with van der Waals surface area (Å²) in [6.45, 7) is 2.08. The number of nitrogens with zero attached hydrogens (tertiary/aromatic N) is 2. The van der Waals surface area contributed by atoms with E-state index in [4.69, 9.17) is 11.6 Å². The minimum Gasteiger partial charge on any atom is -0.339 e. The van der Waals surface area contributed by atoms with Crippen molar-refractivity contribution in [2.75, 3.05) is 26.2 Å². The van der Waals surface area contributed by atoms with Crippen molar-refractivity contribution in [1.29, 1.82) is 0 Å². The van der Waals surface area contributed by atoms with Crippen molar-refractivity contribution in [3.8, 4) is 0 Å². The molecule has 1 aromatic rings. The highest BCUT2D eigenvalue weighted by molar-refractivity contribution is 6.33. The van der Waals surface area contributed by atoms with Crippen LogP contribution in [0.2, 0.25) is 5.02 Å². The third kappa shape index (κ3) is 3.89. The second kappa shape index (κ2) is 7.51. The lowest BCUT2D eigenvalue weighted by Crippen LogP contribution is -2.50. The van der Waals surface area contributed by atoms with E-state index in [2.05, 4.69) is 0 Å². The molecule has 2 amide bonds. The first kappa shape index (κ1) is 17.2. The summed E-state index contributed by atoms with van der Waals surface area (Å²) in [6.07, 6.45) is 5.43. The number of hydrogen-bond acceptors (Lipinski definition) is 2. The Kier molecular flexibility index (Phi) is 5.39. The minimum atomic E-state index is -0.459. The fourth-order valence-electron chi connectivity index (χ4n) is 3.58. The third-order valence-electron chi connectivity index (χ3n) is 5.02. The number of carbonyl (C=O) groups is 2. The van der Waals surface area contributed by atoms with Gasteiger partial charge in [-0.2, -0.15) is 0 Å². The Bertz CT molecular complexity index is 623. The van der Waals surface area contributed by atoms with Crippen LogP contribution in [0.5, 0.6) is 0 Å². The number of hydrogen-bond donors (Lipinski definition) is 0. The fourth-order valence-corrected chi connectivity index (χ4v) is 3.83. The van der Waals surface area contributed by atoms with E-state index >= 15 is 0 Å². The predicted octanol–water partition coefficient (Wildman–Crippen LogP) is 3.34. The molecule has 0 radical (unpaired) electrons. The Morgan fingerprint density at radius 3 is 2.33 bits per heavy atom. The van der Waals surface area contributed by atoms with Crippen molar-refractivity contribution in [3.63, 3.8) is 0 Å². The molecule has 0 bridgehead atoms. The number of amides is 2. The number of carbonyl (C=O) groups excluding carboxylic acids is 2. The molecule has 0 spiro atoms. The molecule has 1 aliphatic heterocycles. The number of benzene rings is 1. The van der Waals surface area contributed by atoms with Crippen LogP contribution in [0.25, 0.3) is 0 Å². The molecule has 24 heavy (non-hydrogen) atoms. The molecule has 1 aliphatic carbocycles. The van der Waals surface area contributed by atoms with Crippen LogP contribution in [0.4, 0.5) is 4.39 Å². The van der Waals surface area contributed by atoms with E-state index in [0.717, 1.165) is 18.9 Å². The van der Waals surface area contributed by atoms with Gasteiger partial charge in [-0.05, 0) is 37.0 Å². The molecule has 2 aliphatic rings. The lowest BCUT2D eigenvalue weighted by atomic mass is 10.0. The summed E-state index contributed by atoms with van der Waals surface area (Å²) in [7, 11) is 0. The normalized spacial score (nSPS) is 18.9. The number of rotatable bonds is 3. The first-order valence-electron chi connectivity index (χ1n) is 8.56. The Hall–Kier alpha value is -1.62. The summed E-state index contributed by atoms with van der Waals surface area (Å²) in [5, 5.41) is 0.125. The molecule has 0 N–H and O–H groups in total. The maximum atomic E-state index is 13.1. The van der Waals surface area contributed by atoms with Gasteiger partial charge in [-0.3, -0.25) is 9.59 Å². The molecule has 130 valence electrons. The molecule has 4 nitrogen and oxygen atoms in total. The van der Waals surface area contributed by atoms with Crippen LogP contribution in [0, 0.1) is 11.7 Å². The summed E-state index contributed by atoms with van der Waals surface area (Å²) in [6, 6.07) is 3.80. The van der Waals surface area contributed by atoms with Crippen molar-refractivity contribution in [1.82, 2.24) is 9.80 Å². The van der Waals surface area contributed by atoms with Gasteiger partial charge in [0.15, 0.2) is 0 Å². The van der Waals surface area contributed by atoms with Crippen LogP contribution >= 0.6 is 11.6 Å². The summed E-state index contributed by atoms with van der Waals surface area (Å²) >= 11 is 5.97. The van der Waals surface area contributed by atoms with E-state index in [0.29, 0.717) is 44.1 Å². The molecule has 3 rings (SSSR count). The zero-order valence-electron chi connectivity index (χ0n) is 13.6. The average Bonchev–Trinajstić information content (AvgIpc) is 3.07. The predicted molar refractivity (Wildman–Crippen MR) is 90.5 cm³/mol. The van der Waals surface area contributed by atoms with Crippen molar-refractivity contribution in [3.05, 3.63) is 34.6 Å². The molecule has 1 aromatic carbocycles. The van der Waals surface area contributed by atoms with E-state index in [-0.39, 0.29) is 16.8 Å². The highest BCUT2D eigenvalue weighted by Crippen LogP contribution is 2.28. The van der Waals surface area contributed by atoms with Gasteiger partial charge in [0.25, 0.3) is 5.91 Å². The van der Waals surface area contributed by atoms with Gasteiger partial charge in [0, 0.05) is 32.6 Å². The van der Waals surface area contributed by atoms with Gasteiger partial charge in [-0.25, -0.2) is 4.39 Å². The molecule has 2 fully saturated rings. The lowest BCUT2D eigenvalue weighted by Gasteiger charge is -2.35. The maximum Gasteiger partial charge on any atom is 0.255 e. The van der Waals surface area contributed by atoms with Crippen molar-refractivity contribution in [2.45, 2.75) is 32.1 Å². The van der Waals surface area contributed by atoms with Crippen LogP contribution in [-0.2, 0) is 4.79 Å². The molecule has 6 heteroatoms. The molecular weight excluding hydrogens is 331 g/mol. The molecule has 0 unspecified atom stereocenters. The number of piperazine rings is 1. The average molecular weight is 353 g/mol. The van der Waals surface area contributed by atoms with Gasteiger partial charge in [-0.15, -0.1) is 0 Å². The Morgan fingerprint density at radius 2 is 1.71 bits per heavy atom. The van der Waals surface area contributed by atoms with E-state index in [9.17, 15) is 14.0 Å². The van der Waals surface area contributed by atoms with E-state index in [1.165, 1.54) is 25.0 Å². The van der Waals surface area contributed by atoms with Crippen LogP contribution in [0.15, 0.2) is 18.2 Å². The lowest BCUT2D eigenvalue weighted by molar-refractivity contribution is -0.133. The second-order valence-electron chi connectivity index (χ2n) is 6.65. The zero-order valence-corrected chi connectivity index (χ0v) is 14.4. The summed E-state index contributed by atoms with van der Waals surface area (Å²) in [4.78, 5) is 28.4. The van der Waals surface area contributed by atoms with Crippen molar-refractivity contribution in [2.24, 2.45) is 5.92 Å². The highest BCUT2D eigenvalue weighted by Gasteiger charge is 2.27. The van der Waals surface area contributed by atoms with Crippen molar-refractivity contribution < 1.29 is 14.0 Å². The van der Waals surface area contributed by atoms with Gasteiger partial charge < -0.3 is 9.80 Å². The summed E-state index contributed by atoms with van der Waals surface area (Å²) in [5.41, 5.74) is 0.309. The van der Waals surface area contributed by atoms with Gasteiger partial charge in [0.2, 0.25) is 5.91 Å². The third-order valence-corrected chi connectivity index (χ3v) is 5.33. The van der Waals surface area contributed by atoms with Crippen LogP contribution in [-0.4, -0.2) is 47.8 Å². The maximum absolute atomic E-state index is 13.1. The summed E-state index contributed by atoms with van der Waals surface area (Å²) in [5.74, 6) is 0.0748. The monoisotopic (exact) mass is 352 g/mol. The second-order valence-corrected chi connectivity index (χ2v) is 7.06.